The summed E-state index contributed by atoms with van der Waals surface area (Å²) in [5.41, 5.74) is -2.34. The minimum atomic E-state index is -4.35. The molecule has 1 aromatic rings. The first-order valence-corrected chi connectivity index (χ1v) is 5.05. The zero-order valence-corrected chi connectivity index (χ0v) is 7.88. The van der Waals surface area contributed by atoms with Crippen LogP contribution in [-0.4, -0.2) is 18.5 Å². The third-order valence-corrected chi connectivity index (χ3v) is 2.41. The number of H-pyrrole nitrogens is 1. The molecule has 6 nitrogen and oxygen atoms in total. The molecule has 0 aliphatic carbocycles. The number of halogens is 2. The number of hydrogen-bond acceptors (Lipinski definition) is 4. The summed E-state index contributed by atoms with van der Waals surface area (Å²) in [6, 6.07) is 0.364. The number of pyridine rings is 1. The molecule has 0 unspecified atom stereocenters. The Bertz CT molecular complexity index is 537. The third kappa shape index (κ3) is 2.30. The number of nitrogens with one attached hydrogen (secondary N) is 1. The van der Waals surface area contributed by atoms with Gasteiger partial charge in [-0.15, -0.1) is 0 Å². The summed E-state index contributed by atoms with van der Waals surface area (Å²) in [6.07, 6.45) is -3.12. The van der Waals surface area contributed by atoms with E-state index in [4.69, 9.17) is 5.11 Å². The van der Waals surface area contributed by atoms with Crippen molar-refractivity contribution in [1.82, 2.24) is 4.98 Å². The Hall–Kier alpha value is -1.48. The van der Waals surface area contributed by atoms with Crippen LogP contribution in [0, 0.1) is 0 Å². The van der Waals surface area contributed by atoms with Gasteiger partial charge in [0, 0.05) is 0 Å². The van der Waals surface area contributed by atoms with Crippen molar-refractivity contribution in [2.24, 2.45) is 5.14 Å². The Balaban J connectivity index is 3.53. The van der Waals surface area contributed by atoms with Crippen molar-refractivity contribution in [3.8, 4) is 5.75 Å². The average Bonchev–Trinajstić information content (AvgIpc) is 2.06. The van der Waals surface area contributed by atoms with Crippen LogP contribution >= 0.6 is 0 Å². The number of rotatable bonds is 2. The van der Waals surface area contributed by atoms with Gasteiger partial charge in [0.05, 0.1) is 5.56 Å². The second kappa shape index (κ2) is 3.59. The van der Waals surface area contributed by atoms with E-state index in [0.29, 0.717) is 6.07 Å². The third-order valence-electron chi connectivity index (χ3n) is 1.53. The largest absolute Gasteiger partial charge is 0.505 e. The molecule has 0 saturated heterocycles. The lowest BCUT2D eigenvalue weighted by atomic mass is 10.3. The molecule has 0 bridgehead atoms. The molecule has 1 heterocycles. The Kier molecular flexibility index (Phi) is 2.77. The highest BCUT2D eigenvalue weighted by Crippen LogP contribution is 2.22. The number of alkyl halides is 2. The number of nitrogens with two attached hydrogens (primary N) is 1. The highest BCUT2D eigenvalue weighted by molar-refractivity contribution is 7.89. The maximum absolute atomic E-state index is 12.1. The molecule has 0 aliphatic rings. The molecule has 0 amide bonds. The molecular formula is C6H6F2N2O4S. The zero-order chi connectivity index (χ0) is 11.8. The molecule has 0 radical (unpaired) electrons. The highest BCUT2D eigenvalue weighted by Gasteiger charge is 2.20. The summed E-state index contributed by atoms with van der Waals surface area (Å²) in [5.74, 6) is -1.02. The van der Waals surface area contributed by atoms with Gasteiger partial charge >= 0.3 is 0 Å². The average molecular weight is 240 g/mol. The molecule has 15 heavy (non-hydrogen) atoms. The maximum Gasteiger partial charge on any atom is 0.269 e. The van der Waals surface area contributed by atoms with Crippen molar-refractivity contribution in [2.45, 2.75) is 11.5 Å². The lowest BCUT2D eigenvalue weighted by Crippen LogP contribution is -2.21. The van der Waals surface area contributed by atoms with Crippen LogP contribution in [0.5, 0.6) is 5.75 Å². The second-order valence-corrected chi connectivity index (χ2v) is 4.11. The fourth-order valence-electron chi connectivity index (χ4n) is 0.897. The van der Waals surface area contributed by atoms with Crippen LogP contribution in [0.4, 0.5) is 8.78 Å². The van der Waals surface area contributed by atoms with E-state index in [0.717, 1.165) is 0 Å². The number of aromatic amines is 1. The fourth-order valence-corrected chi connectivity index (χ4v) is 1.48. The van der Waals surface area contributed by atoms with Crippen molar-refractivity contribution < 1.29 is 22.3 Å². The maximum atomic E-state index is 12.1. The van der Waals surface area contributed by atoms with Crippen molar-refractivity contribution in [2.75, 3.05) is 0 Å². The normalized spacial score (nSPS) is 12.0. The molecule has 1 rings (SSSR count). The van der Waals surface area contributed by atoms with Gasteiger partial charge in [-0.25, -0.2) is 22.3 Å². The van der Waals surface area contributed by atoms with Gasteiger partial charge in [-0.05, 0) is 6.07 Å². The second-order valence-electron chi connectivity index (χ2n) is 2.61. The molecule has 4 N–H and O–H groups in total. The Morgan fingerprint density at radius 1 is 1.47 bits per heavy atom. The predicted octanol–water partition coefficient (Wildman–Crippen LogP) is -0.334. The standard InChI is InChI=1S/C6H6F2N2O4S/c7-4(8)2-1-3(11)6(10-5(2)12)15(9,13)14/h1,4,11H,(H,10,12)(H2,9,13,14). The summed E-state index contributed by atoms with van der Waals surface area (Å²) >= 11 is 0. The SMILES string of the molecule is NS(=O)(=O)c1[nH]c(=O)c(C(F)F)cc1O. The molecule has 0 aliphatic heterocycles. The number of hydrogen-bond donors (Lipinski definition) is 3. The molecule has 9 heteroatoms. The van der Waals surface area contributed by atoms with E-state index in [1.165, 1.54) is 0 Å². The first kappa shape index (κ1) is 11.6. The van der Waals surface area contributed by atoms with Crippen LogP contribution in [-0.2, 0) is 10.0 Å². The fraction of sp³-hybridized carbons (Fsp3) is 0.167. The summed E-state index contributed by atoms with van der Waals surface area (Å²) in [4.78, 5) is 12.5. The quantitative estimate of drug-likeness (QED) is 0.656. The van der Waals surface area contributed by atoms with Crippen LogP contribution < -0.4 is 10.7 Å². The van der Waals surface area contributed by atoms with Gasteiger partial charge in [0.15, 0.2) is 10.8 Å². The molecule has 0 aromatic carbocycles. The van der Waals surface area contributed by atoms with Gasteiger partial charge in [-0.3, -0.25) is 4.79 Å². The first-order chi connectivity index (χ1) is 6.73. The van der Waals surface area contributed by atoms with Gasteiger partial charge in [-0.2, -0.15) is 0 Å². The number of aromatic hydroxyl groups is 1. The van der Waals surface area contributed by atoms with Gasteiger partial charge in [-0.1, -0.05) is 0 Å². The monoisotopic (exact) mass is 240 g/mol. The van der Waals surface area contributed by atoms with Crippen LogP contribution in [0.3, 0.4) is 0 Å². The predicted molar refractivity (Wildman–Crippen MR) is 45.1 cm³/mol. The van der Waals surface area contributed by atoms with Crippen LogP contribution in [0.15, 0.2) is 15.9 Å². The van der Waals surface area contributed by atoms with E-state index in [1.807, 2.05) is 0 Å². The Labute approximate surface area is 82.4 Å². The van der Waals surface area contributed by atoms with Crippen molar-refractivity contribution in [1.29, 1.82) is 0 Å². The van der Waals surface area contributed by atoms with E-state index in [-0.39, 0.29) is 0 Å². The smallest absolute Gasteiger partial charge is 0.269 e. The summed E-state index contributed by atoms with van der Waals surface area (Å²) in [7, 11) is -4.35. The van der Waals surface area contributed by atoms with E-state index in [2.05, 4.69) is 5.14 Å². The van der Waals surface area contributed by atoms with E-state index in [9.17, 15) is 22.0 Å². The van der Waals surface area contributed by atoms with Crippen LogP contribution in [0.2, 0.25) is 0 Å². The number of aromatic nitrogens is 1. The van der Waals surface area contributed by atoms with Crippen LogP contribution in [0.1, 0.15) is 12.0 Å². The summed E-state index contributed by atoms with van der Waals surface area (Å²) in [6.45, 7) is 0. The molecule has 0 fully saturated rings. The molecule has 1 aromatic heterocycles. The van der Waals surface area contributed by atoms with Gasteiger partial charge in [0.1, 0.15) is 0 Å². The van der Waals surface area contributed by atoms with Gasteiger partial charge in [0.2, 0.25) is 0 Å². The number of primary sulfonamides is 1. The van der Waals surface area contributed by atoms with Gasteiger partial charge in [0.25, 0.3) is 22.0 Å². The van der Waals surface area contributed by atoms with E-state index in [1.54, 1.807) is 4.98 Å². The lowest BCUT2D eigenvalue weighted by Gasteiger charge is -2.04. The van der Waals surface area contributed by atoms with Gasteiger partial charge < -0.3 is 10.1 Å². The zero-order valence-electron chi connectivity index (χ0n) is 7.07. The molecular weight excluding hydrogens is 234 g/mol. The van der Waals surface area contributed by atoms with E-state index >= 15 is 0 Å². The first-order valence-electron chi connectivity index (χ1n) is 3.50. The Morgan fingerprint density at radius 2 is 2.00 bits per heavy atom. The lowest BCUT2D eigenvalue weighted by molar-refractivity contribution is 0.149. The number of sulfonamides is 1. The summed E-state index contributed by atoms with van der Waals surface area (Å²) < 4.78 is 45.7. The van der Waals surface area contributed by atoms with E-state index < -0.39 is 38.3 Å². The van der Waals surface area contributed by atoms with Crippen molar-refractivity contribution in [3.63, 3.8) is 0 Å². The van der Waals surface area contributed by atoms with Crippen molar-refractivity contribution >= 4 is 10.0 Å². The Morgan fingerprint density at radius 3 is 2.40 bits per heavy atom. The molecule has 0 atom stereocenters. The molecule has 0 spiro atoms. The highest BCUT2D eigenvalue weighted by atomic mass is 32.2. The molecule has 84 valence electrons. The minimum Gasteiger partial charge on any atom is -0.505 e. The minimum absolute atomic E-state index is 0.364. The topological polar surface area (TPSA) is 113 Å². The summed E-state index contributed by atoms with van der Waals surface area (Å²) in [5, 5.41) is 12.7. The molecule has 0 saturated carbocycles. The van der Waals surface area contributed by atoms with Crippen molar-refractivity contribution in [3.05, 3.63) is 22.0 Å². The van der Waals surface area contributed by atoms with Crippen LogP contribution in [0.25, 0.3) is 0 Å².